The lowest BCUT2D eigenvalue weighted by Crippen LogP contribution is -2.23. The Labute approximate surface area is 117 Å². The Morgan fingerprint density at radius 3 is 2.74 bits per heavy atom. The number of rotatable bonds is 6. The minimum atomic E-state index is 0.531. The van der Waals surface area contributed by atoms with Gasteiger partial charge in [-0.3, -0.25) is 0 Å². The third kappa shape index (κ3) is 4.64. The molecule has 1 aliphatic rings. The maximum absolute atomic E-state index is 4.30. The van der Waals surface area contributed by atoms with Gasteiger partial charge in [0.2, 0.25) is 0 Å². The quantitative estimate of drug-likeness (QED) is 0.850. The highest BCUT2D eigenvalue weighted by Gasteiger charge is 2.18. The van der Waals surface area contributed by atoms with Gasteiger partial charge in [0.05, 0.1) is 12.0 Å². The average molecular weight is 263 g/mol. The fraction of sp³-hybridized carbons (Fsp3) is 0.812. The first-order valence-electron chi connectivity index (χ1n) is 7.87. The minimum Gasteiger partial charge on any atom is -0.333 e. The summed E-state index contributed by atoms with van der Waals surface area (Å²) in [5.74, 6) is 1.89. The molecule has 0 aliphatic heterocycles. The lowest BCUT2D eigenvalue weighted by molar-refractivity contribution is 0.268. The van der Waals surface area contributed by atoms with Crippen molar-refractivity contribution in [1.82, 2.24) is 14.9 Å². The van der Waals surface area contributed by atoms with Crippen LogP contribution < -0.4 is 5.32 Å². The van der Waals surface area contributed by atoms with Gasteiger partial charge in [-0.05, 0) is 18.3 Å². The lowest BCUT2D eigenvalue weighted by atomic mass is 9.81. The summed E-state index contributed by atoms with van der Waals surface area (Å²) in [5.41, 5.74) is 1.32. The Balaban J connectivity index is 1.78. The summed E-state index contributed by atoms with van der Waals surface area (Å²) in [6.45, 7) is 8.82. The van der Waals surface area contributed by atoms with E-state index in [1.807, 2.05) is 12.5 Å². The van der Waals surface area contributed by atoms with E-state index in [0.29, 0.717) is 6.04 Å². The Hall–Kier alpha value is -0.830. The zero-order chi connectivity index (χ0) is 13.7. The van der Waals surface area contributed by atoms with Crippen molar-refractivity contribution in [2.75, 3.05) is 0 Å². The van der Waals surface area contributed by atoms with Crippen molar-refractivity contribution in [3.63, 3.8) is 0 Å². The molecule has 1 heterocycles. The third-order valence-corrected chi connectivity index (χ3v) is 4.40. The molecule has 0 amide bonds. The molecule has 0 spiro atoms. The van der Waals surface area contributed by atoms with Crippen LogP contribution in [0.4, 0.5) is 0 Å². The van der Waals surface area contributed by atoms with Crippen molar-refractivity contribution in [3.8, 4) is 0 Å². The van der Waals surface area contributed by atoms with Crippen molar-refractivity contribution >= 4 is 0 Å². The van der Waals surface area contributed by atoms with Gasteiger partial charge in [0.25, 0.3) is 0 Å². The highest BCUT2D eigenvalue weighted by Crippen LogP contribution is 2.30. The van der Waals surface area contributed by atoms with Crippen molar-refractivity contribution < 1.29 is 0 Å². The van der Waals surface area contributed by atoms with Crippen LogP contribution in [-0.4, -0.2) is 15.6 Å². The zero-order valence-corrected chi connectivity index (χ0v) is 12.7. The predicted octanol–water partition coefficient (Wildman–Crippen LogP) is 3.60. The first-order valence-corrected chi connectivity index (χ1v) is 7.87. The molecule has 0 aromatic carbocycles. The van der Waals surface area contributed by atoms with Gasteiger partial charge in [-0.25, -0.2) is 4.98 Å². The molecule has 0 unspecified atom stereocenters. The molecule has 0 bridgehead atoms. The molecule has 1 aromatic rings. The van der Waals surface area contributed by atoms with E-state index in [9.17, 15) is 0 Å². The first kappa shape index (κ1) is 14.6. The fourth-order valence-electron chi connectivity index (χ4n) is 2.94. The smallest absolute Gasteiger partial charge is 0.0948 e. The monoisotopic (exact) mass is 263 g/mol. The highest BCUT2D eigenvalue weighted by atomic mass is 15.1. The standard InChI is InChI=1S/C16H29N3/c1-13(2)18-11-16-10-17-12-19(16)9-8-15-6-4-14(3)5-7-15/h10,12-15,18H,4-9,11H2,1-3H3. The number of aryl methyl sites for hydroxylation is 1. The van der Waals surface area contributed by atoms with Crippen LogP contribution in [0.3, 0.4) is 0 Å². The molecule has 1 saturated carbocycles. The van der Waals surface area contributed by atoms with Crippen molar-refractivity contribution in [2.24, 2.45) is 11.8 Å². The summed E-state index contributed by atoms with van der Waals surface area (Å²) in [4.78, 5) is 4.30. The van der Waals surface area contributed by atoms with E-state index in [1.54, 1.807) is 0 Å². The molecule has 3 heteroatoms. The lowest BCUT2D eigenvalue weighted by Gasteiger charge is -2.26. The van der Waals surface area contributed by atoms with Gasteiger partial charge in [-0.1, -0.05) is 46.5 Å². The van der Waals surface area contributed by atoms with Gasteiger partial charge in [-0.15, -0.1) is 0 Å². The van der Waals surface area contributed by atoms with E-state index >= 15 is 0 Å². The van der Waals surface area contributed by atoms with Gasteiger partial charge in [0.15, 0.2) is 0 Å². The van der Waals surface area contributed by atoms with Crippen LogP contribution in [0, 0.1) is 11.8 Å². The molecule has 19 heavy (non-hydrogen) atoms. The van der Waals surface area contributed by atoms with E-state index in [1.165, 1.54) is 37.8 Å². The van der Waals surface area contributed by atoms with E-state index in [-0.39, 0.29) is 0 Å². The summed E-state index contributed by atoms with van der Waals surface area (Å²) in [6.07, 6.45) is 11.0. The van der Waals surface area contributed by atoms with Crippen LogP contribution in [0.1, 0.15) is 58.6 Å². The summed E-state index contributed by atoms with van der Waals surface area (Å²) < 4.78 is 2.33. The number of hydrogen-bond donors (Lipinski definition) is 1. The van der Waals surface area contributed by atoms with Crippen molar-refractivity contribution in [2.45, 2.75) is 72.0 Å². The molecule has 3 nitrogen and oxygen atoms in total. The van der Waals surface area contributed by atoms with Crippen LogP contribution in [0.2, 0.25) is 0 Å². The highest BCUT2D eigenvalue weighted by molar-refractivity contribution is 4.98. The fourth-order valence-corrected chi connectivity index (χ4v) is 2.94. The summed E-state index contributed by atoms with van der Waals surface area (Å²) in [6, 6.07) is 0.531. The summed E-state index contributed by atoms with van der Waals surface area (Å²) in [7, 11) is 0. The second kappa shape index (κ2) is 7.09. The molecule has 0 atom stereocenters. The van der Waals surface area contributed by atoms with Gasteiger partial charge < -0.3 is 9.88 Å². The van der Waals surface area contributed by atoms with E-state index < -0.39 is 0 Å². The second-order valence-corrected chi connectivity index (χ2v) is 6.53. The molecule has 0 saturated heterocycles. The van der Waals surface area contributed by atoms with Gasteiger partial charge in [0.1, 0.15) is 0 Å². The summed E-state index contributed by atoms with van der Waals surface area (Å²) >= 11 is 0. The molecule has 2 rings (SSSR count). The topological polar surface area (TPSA) is 29.9 Å². The number of aromatic nitrogens is 2. The molecular weight excluding hydrogens is 234 g/mol. The maximum atomic E-state index is 4.30. The minimum absolute atomic E-state index is 0.531. The van der Waals surface area contributed by atoms with Gasteiger partial charge in [-0.2, -0.15) is 0 Å². The van der Waals surface area contributed by atoms with E-state index in [2.05, 4.69) is 35.6 Å². The zero-order valence-electron chi connectivity index (χ0n) is 12.7. The molecule has 108 valence electrons. The Morgan fingerprint density at radius 2 is 2.05 bits per heavy atom. The van der Waals surface area contributed by atoms with Crippen LogP contribution in [0.25, 0.3) is 0 Å². The van der Waals surface area contributed by atoms with Crippen LogP contribution in [0.5, 0.6) is 0 Å². The largest absolute Gasteiger partial charge is 0.333 e. The number of nitrogens with zero attached hydrogens (tertiary/aromatic N) is 2. The van der Waals surface area contributed by atoms with Gasteiger partial charge >= 0.3 is 0 Å². The van der Waals surface area contributed by atoms with Crippen LogP contribution in [-0.2, 0) is 13.1 Å². The number of nitrogens with one attached hydrogen (secondary N) is 1. The molecule has 1 aliphatic carbocycles. The van der Waals surface area contributed by atoms with E-state index in [4.69, 9.17) is 0 Å². The van der Waals surface area contributed by atoms with Crippen LogP contribution in [0.15, 0.2) is 12.5 Å². The normalized spacial score (nSPS) is 24.0. The van der Waals surface area contributed by atoms with Gasteiger partial charge in [0, 0.05) is 25.3 Å². The number of hydrogen-bond acceptors (Lipinski definition) is 2. The molecule has 1 aromatic heterocycles. The van der Waals surface area contributed by atoms with Crippen molar-refractivity contribution in [1.29, 1.82) is 0 Å². The average Bonchev–Trinajstić information content (AvgIpc) is 2.83. The molecule has 1 fully saturated rings. The third-order valence-electron chi connectivity index (χ3n) is 4.40. The Bertz CT molecular complexity index is 362. The predicted molar refractivity (Wildman–Crippen MR) is 79.9 cm³/mol. The summed E-state index contributed by atoms with van der Waals surface area (Å²) in [5, 5.41) is 3.47. The SMILES string of the molecule is CC1CCC(CCn2cncc2CNC(C)C)CC1. The Kier molecular flexibility index (Phi) is 5.44. The van der Waals surface area contributed by atoms with Crippen LogP contribution >= 0.6 is 0 Å². The molecule has 0 radical (unpaired) electrons. The maximum Gasteiger partial charge on any atom is 0.0948 e. The first-order chi connectivity index (χ1) is 9.15. The molecule has 1 N–H and O–H groups in total. The van der Waals surface area contributed by atoms with Crippen molar-refractivity contribution in [3.05, 3.63) is 18.2 Å². The Morgan fingerprint density at radius 1 is 1.32 bits per heavy atom. The molecular formula is C16H29N3. The van der Waals surface area contributed by atoms with E-state index in [0.717, 1.165) is 24.9 Å². The number of imidazole rings is 1. The second-order valence-electron chi connectivity index (χ2n) is 6.53.